The first-order valence-corrected chi connectivity index (χ1v) is 5.67. The fourth-order valence-corrected chi connectivity index (χ4v) is 1.21. The second-order valence-electron chi connectivity index (χ2n) is 3.53. The van der Waals surface area contributed by atoms with Crippen LogP contribution < -0.4 is 5.73 Å². The fraction of sp³-hybridized carbons (Fsp3) is 0.909. The van der Waals surface area contributed by atoms with Gasteiger partial charge in [-0.25, -0.2) is 0 Å². The summed E-state index contributed by atoms with van der Waals surface area (Å²) in [5, 5.41) is 0. The zero-order valence-corrected chi connectivity index (χ0v) is 10.5. The van der Waals surface area contributed by atoms with Gasteiger partial charge < -0.3 is 10.5 Å². The summed E-state index contributed by atoms with van der Waals surface area (Å²) in [5.74, 6) is -0.106. The van der Waals surface area contributed by atoms with Gasteiger partial charge in [0.15, 0.2) is 0 Å². The quantitative estimate of drug-likeness (QED) is 0.496. The lowest BCUT2D eigenvalue weighted by Gasteiger charge is -2.03. The van der Waals surface area contributed by atoms with Crippen LogP contribution in [0.25, 0.3) is 0 Å². The molecule has 0 spiro atoms. The minimum Gasteiger partial charge on any atom is -0.466 e. The topological polar surface area (TPSA) is 52.3 Å². The Morgan fingerprint density at radius 2 is 1.80 bits per heavy atom. The number of halogens is 1. The molecule has 0 aliphatic rings. The Bertz CT molecular complexity index is 143. The molecule has 0 fully saturated rings. The van der Waals surface area contributed by atoms with Gasteiger partial charge in [-0.2, -0.15) is 0 Å². The fourth-order valence-electron chi connectivity index (χ4n) is 1.21. The van der Waals surface area contributed by atoms with E-state index in [4.69, 9.17) is 10.5 Å². The summed E-state index contributed by atoms with van der Waals surface area (Å²) in [5.41, 5.74) is 5.28. The van der Waals surface area contributed by atoms with Gasteiger partial charge in [0.05, 0.1) is 6.61 Å². The number of nitrogens with two attached hydrogens (primary N) is 1. The van der Waals surface area contributed by atoms with Crippen molar-refractivity contribution in [1.29, 1.82) is 0 Å². The molecule has 15 heavy (non-hydrogen) atoms. The molecule has 0 amide bonds. The molecule has 0 saturated carbocycles. The molecule has 0 aromatic rings. The zero-order chi connectivity index (χ0) is 10.6. The third kappa shape index (κ3) is 13.7. The Morgan fingerprint density at radius 1 is 1.13 bits per heavy atom. The van der Waals surface area contributed by atoms with Crippen LogP contribution >= 0.6 is 12.4 Å². The lowest BCUT2D eigenvalue weighted by atomic mass is 10.2. The van der Waals surface area contributed by atoms with Crippen molar-refractivity contribution in [3.63, 3.8) is 0 Å². The van der Waals surface area contributed by atoms with Crippen molar-refractivity contribution in [2.75, 3.05) is 13.2 Å². The summed E-state index contributed by atoms with van der Waals surface area (Å²) in [6.07, 6.45) is 7.13. The Hall–Kier alpha value is -0.280. The number of esters is 1. The molecule has 0 aliphatic carbocycles. The van der Waals surface area contributed by atoms with Gasteiger partial charge in [0, 0.05) is 6.42 Å². The molecule has 0 saturated heterocycles. The molecule has 0 unspecified atom stereocenters. The van der Waals surface area contributed by atoms with Gasteiger partial charge in [0.1, 0.15) is 0 Å². The Kier molecular flexibility index (Phi) is 15.7. The van der Waals surface area contributed by atoms with Gasteiger partial charge in [0.2, 0.25) is 0 Å². The Balaban J connectivity index is 0. The third-order valence-corrected chi connectivity index (χ3v) is 2.10. The van der Waals surface area contributed by atoms with Crippen LogP contribution in [0.4, 0.5) is 0 Å². The molecule has 4 heteroatoms. The summed E-state index contributed by atoms with van der Waals surface area (Å²) in [6, 6.07) is 0. The Labute approximate surface area is 99.2 Å². The number of unbranched alkanes of at least 4 members (excludes halogenated alkanes) is 4. The second-order valence-corrected chi connectivity index (χ2v) is 3.53. The van der Waals surface area contributed by atoms with E-state index < -0.39 is 0 Å². The number of ether oxygens (including phenoxy) is 1. The maximum Gasteiger partial charge on any atom is 0.305 e. The van der Waals surface area contributed by atoms with Crippen LogP contribution in [0.15, 0.2) is 0 Å². The number of carbonyl (C=O) groups is 1. The van der Waals surface area contributed by atoms with E-state index in [2.05, 4.69) is 6.92 Å². The van der Waals surface area contributed by atoms with E-state index >= 15 is 0 Å². The predicted octanol–water partition coefficient (Wildman–Crippen LogP) is 2.66. The van der Waals surface area contributed by atoms with Crippen LogP contribution in [0, 0.1) is 0 Å². The number of hydrogen-bond acceptors (Lipinski definition) is 3. The minimum atomic E-state index is -0.106. The van der Waals surface area contributed by atoms with Gasteiger partial charge in [-0.05, 0) is 19.4 Å². The van der Waals surface area contributed by atoms with Crippen LogP contribution in [0.5, 0.6) is 0 Å². The van der Waals surface area contributed by atoms with Crippen LogP contribution in [0.3, 0.4) is 0 Å². The second kappa shape index (κ2) is 13.7. The molecule has 0 rings (SSSR count). The van der Waals surface area contributed by atoms with Crippen molar-refractivity contribution in [2.45, 2.75) is 51.9 Å². The van der Waals surface area contributed by atoms with Crippen molar-refractivity contribution in [2.24, 2.45) is 5.73 Å². The highest BCUT2D eigenvalue weighted by atomic mass is 35.5. The molecule has 0 aliphatic heterocycles. The third-order valence-electron chi connectivity index (χ3n) is 2.10. The number of hydrogen-bond donors (Lipinski definition) is 1. The predicted molar refractivity (Wildman–Crippen MR) is 65.3 cm³/mol. The monoisotopic (exact) mass is 237 g/mol. The number of rotatable bonds is 9. The van der Waals surface area contributed by atoms with Crippen molar-refractivity contribution in [1.82, 2.24) is 0 Å². The lowest BCUT2D eigenvalue weighted by Crippen LogP contribution is -2.08. The maximum absolute atomic E-state index is 11.0. The number of carbonyl (C=O) groups excluding carboxylic acids is 1. The molecule has 0 heterocycles. The van der Waals surface area contributed by atoms with Gasteiger partial charge >= 0.3 is 5.97 Å². The van der Waals surface area contributed by atoms with E-state index in [9.17, 15) is 4.79 Å². The van der Waals surface area contributed by atoms with E-state index in [1.54, 1.807) is 0 Å². The highest BCUT2D eigenvalue weighted by molar-refractivity contribution is 5.85. The zero-order valence-electron chi connectivity index (χ0n) is 9.67. The summed E-state index contributed by atoms with van der Waals surface area (Å²) in [6.45, 7) is 3.32. The summed E-state index contributed by atoms with van der Waals surface area (Å²) in [7, 11) is 0. The van der Waals surface area contributed by atoms with Gasteiger partial charge in [-0.3, -0.25) is 4.79 Å². The van der Waals surface area contributed by atoms with Crippen molar-refractivity contribution >= 4 is 18.4 Å². The smallest absolute Gasteiger partial charge is 0.305 e. The van der Waals surface area contributed by atoms with Crippen molar-refractivity contribution < 1.29 is 9.53 Å². The summed E-state index contributed by atoms with van der Waals surface area (Å²) < 4.78 is 5.03. The van der Waals surface area contributed by atoms with Crippen LogP contribution in [0.2, 0.25) is 0 Å². The summed E-state index contributed by atoms with van der Waals surface area (Å²) in [4.78, 5) is 11.0. The average Bonchev–Trinajstić information content (AvgIpc) is 2.20. The molecule has 0 bridgehead atoms. The normalized spacial score (nSPS) is 9.47. The van der Waals surface area contributed by atoms with E-state index in [0.717, 1.165) is 19.3 Å². The first-order chi connectivity index (χ1) is 6.81. The molecular formula is C11H24ClNO2. The average molecular weight is 238 g/mol. The first-order valence-electron chi connectivity index (χ1n) is 5.67. The lowest BCUT2D eigenvalue weighted by molar-refractivity contribution is -0.143. The van der Waals surface area contributed by atoms with Crippen LogP contribution in [-0.4, -0.2) is 19.1 Å². The molecular weight excluding hydrogens is 214 g/mol. The van der Waals surface area contributed by atoms with E-state index in [-0.39, 0.29) is 18.4 Å². The largest absolute Gasteiger partial charge is 0.466 e. The first kappa shape index (κ1) is 17.1. The maximum atomic E-state index is 11.0. The van der Waals surface area contributed by atoms with Crippen LogP contribution in [-0.2, 0) is 9.53 Å². The Morgan fingerprint density at radius 3 is 2.40 bits per heavy atom. The minimum absolute atomic E-state index is 0. The SMILES string of the molecule is CCCCCCCOC(=O)CCCN.Cl. The van der Waals surface area contributed by atoms with Gasteiger partial charge in [-0.1, -0.05) is 32.6 Å². The standard InChI is InChI=1S/C11H23NO2.ClH/c1-2-3-4-5-6-10-14-11(13)8-7-9-12;/h2-10,12H2,1H3;1H. The van der Waals surface area contributed by atoms with Crippen molar-refractivity contribution in [3.05, 3.63) is 0 Å². The molecule has 0 aromatic heterocycles. The van der Waals surface area contributed by atoms with Crippen molar-refractivity contribution in [3.8, 4) is 0 Å². The van der Waals surface area contributed by atoms with E-state index in [0.29, 0.717) is 19.6 Å². The molecule has 0 radical (unpaired) electrons. The highest BCUT2D eigenvalue weighted by Crippen LogP contribution is 2.02. The highest BCUT2D eigenvalue weighted by Gasteiger charge is 2.00. The van der Waals surface area contributed by atoms with E-state index in [1.165, 1.54) is 19.3 Å². The molecule has 3 nitrogen and oxygen atoms in total. The van der Waals surface area contributed by atoms with Crippen LogP contribution in [0.1, 0.15) is 51.9 Å². The van der Waals surface area contributed by atoms with Gasteiger partial charge in [0.25, 0.3) is 0 Å². The van der Waals surface area contributed by atoms with E-state index in [1.807, 2.05) is 0 Å². The molecule has 2 N–H and O–H groups in total. The molecule has 0 atom stereocenters. The molecule has 92 valence electrons. The molecule has 0 aromatic carbocycles. The summed E-state index contributed by atoms with van der Waals surface area (Å²) >= 11 is 0. The van der Waals surface area contributed by atoms with Gasteiger partial charge in [-0.15, -0.1) is 12.4 Å².